The third-order valence-corrected chi connectivity index (χ3v) is 1.96. The number of anilines is 1. The van der Waals surface area contributed by atoms with Gasteiger partial charge in [0.2, 0.25) is 0 Å². The molecule has 0 aromatic carbocycles. The summed E-state index contributed by atoms with van der Waals surface area (Å²) in [5.41, 5.74) is 8.63. The van der Waals surface area contributed by atoms with Crippen LogP contribution in [0.15, 0.2) is 24.7 Å². The van der Waals surface area contributed by atoms with Crippen molar-refractivity contribution in [1.29, 1.82) is 0 Å². The highest BCUT2D eigenvalue weighted by Gasteiger charge is 2.04. The fourth-order valence-electron chi connectivity index (χ4n) is 1.30. The van der Waals surface area contributed by atoms with Crippen LogP contribution in [0.25, 0.3) is 5.82 Å². The number of aryl methyl sites for hydroxylation is 2. The third kappa shape index (κ3) is 1.46. The Balaban J connectivity index is 2.52. The van der Waals surface area contributed by atoms with Crippen molar-refractivity contribution < 1.29 is 0 Å². The van der Waals surface area contributed by atoms with E-state index in [9.17, 15) is 0 Å². The molecule has 0 unspecified atom stereocenters. The molecule has 0 aliphatic rings. The molecule has 0 atom stereocenters. The Bertz CT molecular complexity index is 459. The number of nitrogen functional groups attached to an aromatic ring is 1. The summed E-state index contributed by atoms with van der Waals surface area (Å²) in [5.74, 6) is 0.684. The third-order valence-electron chi connectivity index (χ3n) is 1.96. The normalized spacial score (nSPS) is 10.4. The van der Waals surface area contributed by atoms with Gasteiger partial charge < -0.3 is 5.73 Å². The number of aromatic nitrogens is 3. The first kappa shape index (κ1) is 8.74. The summed E-state index contributed by atoms with van der Waals surface area (Å²) < 4.78 is 1.68. The van der Waals surface area contributed by atoms with Gasteiger partial charge >= 0.3 is 0 Å². The van der Waals surface area contributed by atoms with Gasteiger partial charge in [0.15, 0.2) is 5.82 Å². The molecule has 0 amide bonds. The van der Waals surface area contributed by atoms with Crippen molar-refractivity contribution in [2.45, 2.75) is 13.8 Å². The highest BCUT2D eigenvalue weighted by atomic mass is 15.3. The van der Waals surface area contributed by atoms with Crippen LogP contribution in [0.2, 0.25) is 0 Å². The summed E-state index contributed by atoms with van der Waals surface area (Å²) >= 11 is 0. The van der Waals surface area contributed by atoms with Crippen LogP contribution in [0, 0.1) is 13.8 Å². The van der Waals surface area contributed by atoms with Gasteiger partial charge in [-0.1, -0.05) is 0 Å². The summed E-state index contributed by atoms with van der Waals surface area (Å²) in [6, 6.07) is 1.89. The second kappa shape index (κ2) is 3.14. The van der Waals surface area contributed by atoms with Gasteiger partial charge in [-0.3, -0.25) is 0 Å². The number of rotatable bonds is 1. The van der Waals surface area contributed by atoms with E-state index in [1.54, 1.807) is 17.1 Å². The SMILES string of the molecule is Cc1cnc(-n2cc(C)cn2)c(N)c1. The van der Waals surface area contributed by atoms with E-state index >= 15 is 0 Å². The van der Waals surface area contributed by atoms with Crippen LogP contribution >= 0.6 is 0 Å². The molecule has 2 rings (SSSR count). The molecule has 14 heavy (non-hydrogen) atoms. The van der Waals surface area contributed by atoms with E-state index in [4.69, 9.17) is 5.73 Å². The van der Waals surface area contributed by atoms with E-state index in [1.807, 2.05) is 26.1 Å². The summed E-state index contributed by atoms with van der Waals surface area (Å²) in [6.07, 6.45) is 5.46. The van der Waals surface area contributed by atoms with Crippen molar-refractivity contribution in [1.82, 2.24) is 14.8 Å². The Kier molecular flexibility index (Phi) is 1.96. The predicted molar refractivity (Wildman–Crippen MR) is 55.2 cm³/mol. The standard InChI is InChI=1S/C10H12N4/c1-7-3-9(11)10(12-4-7)14-6-8(2)5-13-14/h3-6H,11H2,1-2H3. The molecule has 2 aromatic heterocycles. The summed E-state index contributed by atoms with van der Waals surface area (Å²) in [7, 11) is 0. The smallest absolute Gasteiger partial charge is 0.176 e. The van der Waals surface area contributed by atoms with Gasteiger partial charge in [-0.05, 0) is 31.0 Å². The lowest BCUT2D eigenvalue weighted by Crippen LogP contribution is -2.03. The minimum atomic E-state index is 0.646. The summed E-state index contributed by atoms with van der Waals surface area (Å²) in [5, 5.41) is 4.15. The molecule has 0 spiro atoms. The molecule has 0 aliphatic heterocycles. The van der Waals surface area contributed by atoms with Gasteiger partial charge in [0, 0.05) is 12.4 Å². The van der Waals surface area contributed by atoms with Crippen LogP contribution in [0.5, 0.6) is 0 Å². The van der Waals surface area contributed by atoms with Crippen molar-refractivity contribution in [2.24, 2.45) is 0 Å². The molecular formula is C10H12N4. The van der Waals surface area contributed by atoms with Crippen molar-refractivity contribution in [2.75, 3.05) is 5.73 Å². The minimum Gasteiger partial charge on any atom is -0.396 e. The molecule has 0 bridgehead atoms. The van der Waals surface area contributed by atoms with E-state index in [0.29, 0.717) is 11.5 Å². The Morgan fingerprint density at radius 2 is 2.00 bits per heavy atom. The van der Waals surface area contributed by atoms with E-state index in [1.165, 1.54) is 0 Å². The number of nitrogens with zero attached hydrogens (tertiary/aromatic N) is 3. The lowest BCUT2D eigenvalue weighted by Gasteiger charge is -2.04. The largest absolute Gasteiger partial charge is 0.396 e. The second-order valence-electron chi connectivity index (χ2n) is 3.39. The van der Waals surface area contributed by atoms with Gasteiger partial charge in [-0.2, -0.15) is 5.10 Å². The monoisotopic (exact) mass is 188 g/mol. The molecule has 0 radical (unpaired) electrons. The van der Waals surface area contributed by atoms with Crippen molar-refractivity contribution in [3.05, 3.63) is 35.8 Å². The molecule has 0 saturated heterocycles. The fourth-order valence-corrected chi connectivity index (χ4v) is 1.30. The van der Waals surface area contributed by atoms with Crippen LogP contribution in [0.3, 0.4) is 0 Å². The van der Waals surface area contributed by atoms with Gasteiger partial charge in [-0.15, -0.1) is 0 Å². The average Bonchev–Trinajstić information content (AvgIpc) is 2.51. The first-order valence-corrected chi connectivity index (χ1v) is 4.40. The number of pyridine rings is 1. The molecule has 2 aromatic rings. The molecule has 2 N–H and O–H groups in total. The molecular weight excluding hydrogens is 176 g/mol. The van der Waals surface area contributed by atoms with Crippen LogP contribution in [-0.4, -0.2) is 14.8 Å². The van der Waals surface area contributed by atoms with E-state index in [-0.39, 0.29) is 0 Å². The zero-order valence-electron chi connectivity index (χ0n) is 8.23. The van der Waals surface area contributed by atoms with Gasteiger partial charge in [0.1, 0.15) is 0 Å². The quantitative estimate of drug-likeness (QED) is 0.737. The summed E-state index contributed by atoms with van der Waals surface area (Å²) in [4.78, 5) is 4.24. The van der Waals surface area contributed by atoms with Gasteiger partial charge in [0.05, 0.1) is 11.9 Å². The highest BCUT2D eigenvalue weighted by molar-refractivity contribution is 5.53. The topological polar surface area (TPSA) is 56.7 Å². The zero-order valence-corrected chi connectivity index (χ0v) is 8.23. The van der Waals surface area contributed by atoms with Crippen molar-refractivity contribution in [3.8, 4) is 5.82 Å². The Morgan fingerprint density at radius 3 is 2.57 bits per heavy atom. The Hall–Kier alpha value is -1.84. The Morgan fingerprint density at radius 1 is 1.21 bits per heavy atom. The predicted octanol–water partition coefficient (Wildman–Crippen LogP) is 1.47. The maximum Gasteiger partial charge on any atom is 0.176 e. The van der Waals surface area contributed by atoms with Gasteiger partial charge in [0.25, 0.3) is 0 Å². The van der Waals surface area contributed by atoms with E-state index in [2.05, 4.69) is 10.1 Å². The second-order valence-corrected chi connectivity index (χ2v) is 3.39. The lowest BCUT2D eigenvalue weighted by atomic mass is 10.3. The molecule has 2 heterocycles. The molecule has 72 valence electrons. The number of hydrogen-bond donors (Lipinski definition) is 1. The molecule has 4 nitrogen and oxygen atoms in total. The fraction of sp³-hybridized carbons (Fsp3) is 0.200. The first-order chi connectivity index (χ1) is 6.66. The van der Waals surface area contributed by atoms with Crippen LogP contribution in [-0.2, 0) is 0 Å². The summed E-state index contributed by atoms with van der Waals surface area (Å²) in [6.45, 7) is 3.94. The maximum absolute atomic E-state index is 5.84. The van der Waals surface area contributed by atoms with Gasteiger partial charge in [-0.25, -0.2) is 9.67 Å². The van der Waals surface area contributed by atoms with E-state index in [0.717, 1.165) is 11.1 Å². The first-order valence-electron chi connectivity index (χ1n) is 4.40. The maximum atomic E-state index is 5.84. The minimum absolute atomic E-state index is 0.646. The molecule has 4 heteroatoms. The van der Waals surface area contributed by atoms with Crippen LogP contribution in [0.4, 0.5) is 5.69 Å². The van der Waals surface area contributed by atoms with Crippen molar-refractivity contribution in [3.63, 3.8) is 0 Å². The molecule has 0 fully saturated rings. The number of nitrogens with two attached hydrogens (primary N) is 1. The Labute approximate surface area is 82.4 Å². The molecule has 0 saturated carbocycles. The molecule has 0 aliphatic carbocycles. The van der Waals surface area contributed by atoms with Crippen LogP contribution in [0.1, 0.15) is 11.1 Å². The van der Waals surface area contributed by atoms with Crippen molar-refractivity contribution >= 4 is 5.69 Å². The van der Waals surface area contributed by atoms with E-state index < -0.39 is 0 Å². The zero-order chi connectivity index (χ0) is 10.1. The lowest BCUT2D eigenvalue weighted by molar-refractivity contribution is 0.848. The average molecular weight is 188 g/mol. The number of hydrogen-bond acceptors (Lipinski definition) is 3. The highest BCUT2D eigenvalue weighted by Crippen LogP contribution is 2.14. The van der Waals surface area contributed by atoms with Crippen LogP contribution < -0.4 is 5.73 Å².